The van der Waals surface area contributed by atoms with Crippen LogP contribution in [0.5, 0.6) is 0 Å². The number of benzene rings is 1. The number of anilines is 1. The third kappa shape index (κ3) is 5.96. The van der Waals surface area contributed by atoms with E-state index in [1.807, 2.05) is 0 Å². The van der Waals surface area contributed by atoms with Crippen LogP contribution in [-0.4, -0.2) is 59.7 Å². The summed E-state index contributed by atoms with van der Waals surface area (Å²) >= 11 is 0. The van der Waals surface area contributed by atoms with E-state index < -0.39 is 0 Å². The molecule has 1 N–H and O–H groups in total. The van der Waals surface area contributed by atoms with E-state index >= 15 is 0 Å². The van der Waals surface area contributed by atoms with Crippen LogP contribution in [0.2, 0.25) is 0 Å². The van der Waals surface area contributed by atoms with Gasteiger partial charge in [0.1, 0.15) is 0 Å². The van der Waals surface area contributed by atoms with Gasteiger partial charge in [0.05, 0.1) is 0 Å². The molecule has 0 saturated carbocycles. The van der Waals surface area contributed by atoms with Gasteiger partial charge in [0, 0.05) is 64.6 Å². The molecule has 1 aromatic carbocycles. The number of guanidine groups is 1. The average molecular weight is 524 g/mol. The standard InChI is InChI=1S/C22H32N6O.HI/c1-5-23-22(25-16-18(3)19-8-6-17(2)7-9-19)28-14-12-27(13-15-28)20-21(29)26(4)11-10-24-20;/h6-11,18H,5,12-16H2,1-4H3,(H,23,25);1H. The van der Waals surface area contributed by atoms with Crippen molar-refractivity contribution in [2.24, 2.45) is 12.0 Å². The lowest BCUT2D eigenvalue weighted by atomic mass is 10.0. The van der Waals surface area contributed by atoms with Gasteiger partial charge < -0.3 is 19.7 Å². The fourth-order valence-corrected chi connectivity index (χ4v) is 3.48. The number of rotatable bonds is 5. The molecule has 0 spiro atoms. The maximum atomic E-state index is 12.3. The van der Waals surface area contributed by atoms with E-state index in [9.17, 15) is 4.79 Å². The van der Waals surface area contributed by atoms with Gasteiger partial charge in [0.15, 0.2) is 11.8 Å². The van der Waals surface area contributed by atoms with Crippen molar-refractivity contribution >= 4 is 35.8 Å². The lowest BCUT2D eigenvalue weighted by molar-refractivity contribution is 0.370. The molecule has 1 aliphatic rings. The molecule has 1 saturated heterocycles. The Labute approximate surface area is 196 Å². The monoisotopic (exact) mass is 524 g/mol. The van der Waals surface area contributed by atoms with E-state index in [0.717, 1.165) is 45.2 Å². The number of aryl methyl sites for hydroxylation is 2. The topological polar surface area (TPSA) is 65.8 Å². The van der Waals surface area contributed by atoms with Gasteiger partial charge in [0.25, 0.3) is 5.56 Å². The number of piperazine rings is 1. The molecule has 1 atom stereocenters. The van der Waals surface area contributed by atoms with Crippen molar-refractivity contribution in [2.75, 3.05) is 44.2 Å². The van der Waals surface area contributed by atoms with E-state index in [1.165, 1.54) is 11.1 Å². The molecule has 1 fully saturated rings. The quantitative estimate of drug-likeness (QED) is 0.370. The Balaban J connectivity index is 0.00000320. The van der Waals surface area contributed by atoms with E-state index in [4.69, 9.17) is 4.99 Å². The third-order valence-corrected chi connectivity index (χ3v) is 5.37. The average Bonchev–Trinajstić information content (AvgIpc) is 2.73. The molecular formula is C22H33IN6O. The van der Waals surface area contributed by atoms with Crippen LogP contribution in [0.3, 0.4) is 0 Å². The number of aromatic nitrogens is 2. The van der Waals surface area contributed by atoms with Gasteiger partial charge in [0.2, 0.25) is 0 Å². The summed E-state index contributed by atoms with van der Waals surface area (Å²) in [6.07, 6.45) is 3.37. The molecular weight excluding hydrogens is 491 g/mol. The normalized spacial score (nSPS) is 15.5. The van der Waals surface area contributed by atoms with Gasteiger partial charge in [-0.1, -0.05) is 36.8 Å². The van der Waals surface area contributed by atoms with Gasteiger partial charge in [-0.15, -0.1) is 24.0 Å². The predicted octanol–water partition coefficient (Wildman–Crippen LogP) is 2.60. The molecule has 3 rings (SSSR count). The van der Waals surface area contributed by atoms with Crippen molar-refractivity contribution in [3.63, 3.8) is 0 Å². The number of nitrogens with one attached hydrogen (secondary N) is 1. The summed E-state index contributed by atoms with van der Waals surface area (Å²) in [5.74, 6) is 1.84. The Hall–Kier alpha value is -2.10. The minimum Gasteiger partial charge on any atom is -0.357 e. The first-order chi connectivity index (χ1) is 14.0. The van der Waals surface area contributed by atoms with Crippen molar-refractivity contribution in [2.45, 2.75) is 26.7 Å². The van der Waals surface area contributed by atoms with Crippen LogP contribution in [0.1, 0.15) is 30.9 Å². The molecule has 0 aliphatic carbocycles. The number of nitrogens with zero attached hydrogens (tertiary/aromatic N) is 5. The van der Waals surface area contributed by atoms with Crippen LogP contribution in [0, 0.1) is 6.92 Å². The van der Waals surface area contributed by atoms with Gasteiger partial charge >= 0.3 is 0 Å². The van der Waals surface area contributed by atoms with Crippen LogP contribution in [0.15, 0.2) is 46.4 Å². The van der Waals surface area contributed by atoms with E-state index in [-0.39, 0.29) is 29.5 Å². The summed E-state index contributed by atoms with van der Waals surface area (Å²) in [7, 11) is 1.76. The summed E-state index contributed by atoms with van der Waals surface area (Å²) in [6, 6.07) is 8.69. The molecule has 7 nitrogen and oxygen atoms in total. The van der Waals surface area contributed by atoms with Gasteiger partial charge in [-0.05, 0) is 19.4 Å². The van der Waals surface area contributed by atoms with Crippen molar-refractivity contribution < 1.29 is 0 Å². The first-order valence-electron chi connectivity index (χ1n) is 10.4. The highest BCUT2D eigenvalue weighted by Gasteiger charge is 2.22. The highest BCUT2D eigenvalue weighted by molar-refractivity contribution is 14.0. The van der Waals surface area contributed by atoms with E-state index in [0.29, 0.717) is 11.7 Å². The molecule has 0 bridgehead atoms. The van der Waals surface area contributed by atoms with Gasteiger partial charge in [-0.25, -0.2) is 4.98 Å². The lowest BCUT2D eigenvalue weighted by Gasteiger charge is -2.36. The molecule has 30 heavy (non-hydrogen) atoms. The molecule has 2 aromatic rings. The van der Waals surface area contributed by atoms with Crippen molar-refractivity contribution in [1.82, 2.24) is 19.8 Å². The molecule has 1 unspecified atom stereocenters. The second-order valence-corrected chi connectivity index (χ2v) is 7.65. The largest absolute Gasteiger partial charge is 0.357 e. The summed E-state index contributed by atoms with van der Waals surface area (Å²) in [6.45, 7) is 11.1. The zero-order valence-electron chi connectivity index (χ0n) is 18.3. The predicted molar refractivity (Wildman–Crippen MR) is 134 cm³/mol. The summed E-state index contributed by atoms with van der Waals surface area (Å²) in [5.41, 5.74) is 2.54. The van der Waals surface area contributed by atoms with Crippen molar-refractivity contribution in [3.8, 4) is 0 Å². The van der Waals surface area contributed by atoms with Crippen LogP contribution in [0.4, 0.5) is 5.82 Å². The SMILES string of the molecule is CCNC(=NCC(C)c1ccc(C)cc1)N1CCN(c2nccn(C)c2=O)CC1.I. The Morgan fingerprint density at radius 1 is 1.20 bits per heavy atom. The van der Waals surface area contributed by atoms with E-state index in [1.54, 1.807) is 24.0 Å². The first kappa shape index (κ1) is 24.2. The smallest absolute Gasteiger partial charge is 0.293 e. The van der Waals surface area contributed by atoms with Crippen LogP contribution in [-0.2, 0) is 7.05 Å². The zero-order chi connectivity index (χ0) is 20.8. The number of hydrogen-bond donors (Lipinski definition) is 1. The van der Waals surface area contributed by atoms with Crippen LogP contribution < -0.4 is 15.8 Å². The fourth-order valence-electron chi connectivity index (χ4n) is 3.48. The maximum Gasteiger partial charge on any atom is 0.293 e. The molecule has 0 radical (unpaired) electrons. The van der Waals surface area contributed by atoms with Crippen LogP contribution >= 0.6 is 24.0 Å². The number of aliphatic imine (C=N–C) groups is 1. The Bertz CT molecular complexity index is 887. The Morgan fingerprint density at radius 2 is 1.87 bits per heavy atom. The minimum absolute atomic E-state index is 0. The van der Waals surface area contributed by atoms with Crippen LogP contribution in [0.25, 0.3) is 0 Å². The second-order valence-electron chi connectivity index (χ2n) is 7.65. The summed E-state index contributed by atoms with van der Waals surface area (Å²) < 4.78 is 1.58. The summed E-state index contributed by atoms with van der Waals surface area (Å²) in [4.78, 5) is 25.9. The van der Waals surface area contributed by atoms with Crippen molar-refractivity contribution in [1.29, 1.82) is 0 Å². The van der Waals surface area contributed by atoms with Crippen molar-refractivity contribution in [3.05, 3.63) is 58.1 Å². The molecule has 2 heterocycles. The number of hydrogen-bond acceptors (Lipinski definition) is 4. The molecule has 1 aliphatic heterocycles. The first-order valence-corrected chi connectivity index (χ1v) is 10.4. The highest BCUT2D eigenvalue weighted by atomic mass is 127. The Morgan fingerprint density at radius 3 is 2.50 bits per heavy atom. The third-order valence-electron chi connectivity index (χ3n) is 5.37. The molecule has 1 aromatic heterocycles. The lowest BCUT2D eigenvalue weighted by Crippen LogP contribution is -2.53. The zero-order valence-corrected chi connectivity index (χ0v) is 20.7. The van der Waals surface area contributed by atoms with Gasteiger partial charge in [-0.2, -0.15) is 0 Å². The highest BCUT2D eigenvalue weighted by Crippen LogP contribution is 2.16. The molecule has 8 heteroatoms. The molecule has 0 amide bonds. The molecule has 164 valence electrons. The Kier molecular flexibility index (Phi) is 9.13. The second kappa shape index (κ2) is 11.3. The fraction of sp³-hybridized carbons (Fsp3) is 0.500. The maximum absolute atomic E-state index is 12.3. The number of halogens is 1. The van der Waals surface area contributed by atoms with E-state index in [2.05, 4.69) is 65.1 Å². The summed E-state index contributed by atoms with van der Waals surface area (Å²) in [5, 5.41) is 3.42. The van der Waals surface area contributed by atoms with Gasteiger partial charge in [-0.3, -0.25) is 9.79 Å². The minimum atomic E-state index is -0.0477.